The Morgan fingerprint density at radius 2 is 1.75 bits per heavy atom. The van der Waals surface area contributed by atoms with E-state index in [1.807, 2.05) is 13.0 Å². The largest absolute Gasteiger partial charge is 0.416 e. The van der Waals surface area contributed by atoms with E-state index in [-0.39, 0.29) is 5.89 Å². The van der Waals surface area contributed by atoms with E-state index in [9.17, 15) is 13.2 Å². The van der Waals surface area contributed by atoms with Crippen molar-refractivity contribution in [1.82, 2.24) is 24.5 Å². The standard InChI is InChI=1S/C22H15F3N6O/c1-12-8-15(13-2-4-16(5-3-13)22(23,24)25)11-31-17(10-28-20(12)31)21-29-19(30-32-21)14-6-7-27-18(26)9-14/h2-11H,1H3,(H2,26,27). The summed E-state index contributed by atoms with van der Waals surface area (Å²) in [4.78, 5) is 12.8. The quantitative estimate of drug-likeness (QED) is 0.427. The van der Waals surface area contributed by atoms with Crippen LogP contribution in [0.15, 0.2) is 65.6 Å². The molecule has 0 spiro atoms. The molecule has 0 aliphatic carbocycles. The molecule has 0 fully saturated rings. The highest BCUT2D eigenvalue weighted by Gasteiger charge is 2.30. The van der Waals surface area contributed by atoms with E-state index in [1.165, 1.54) is 12.1 Å². The second-order valence-electron chi connectivity index (χ2n) is 7.22. The topological polar surface area (TPSA) is 95.1 Å². The van der Waals surface area contributed by atoms with Crippen LogP contribution in [0, 0.1) is 6.92 Å². The number of fused-ring (bicyclic) bond motifs is 1. The summed E-state index contributed by atoms with van der Waals surface area (Å²) in [5, 5.41) is 4.01. The summed E-state index contributed by atoms with van der Waals surface area (Å²) in [6.45, 7) is 1.87. The van der Waals surface area contributed by atoms with Gasteiger partial charge in [-0.15, -0.1) is 0 Å². The van der Waals surface area contributed by atoms with Crippen molar-refractivity contribution in [3.63, 3.8) is 0 Å². The number of nitrogen functional groups attached to an aromatic ring is 1. The molecule has 5 rings (SSSR count). The van der Waals surface area contributed by atoms with Crippen LogP contribution >= 0.6 is 0 Å². The van der Waals surface area contributed by atoms with Gasteiger partial charge in [0, 0.05) is 18.0 Å². The van der Waals surface area contributed by atoms with E-state index in [0.29, 0.717) is 34.1 Å². The number of nitrogens with zero attached hydrogens (tertiary/aromatic N) is 5. The third kappa shape index (κ3) is 3.45. The molecule has 4 aromatic heterocycles. The van der Waals surface area contributed by atoms with Gasteiger partial charge in [0.2, 0.25) is 5.82 Å². The Kier molecular flexibility index (Phi) is 4.43. The van der Waals surface area contributed by atoms with Crippen LogP contribution in [0.3, 0.4) is 0 Å². The fourth-order valence-corrected chi connectivity index (χ4v) is 3.46. The lowest BCUT2D eigenvalue weighted by Crippen LogP contribution is -2.04. The van der Waals surface area contributed by atoms with Gasteiger partial charge in [0.25, 0.3) is 5.89 Å². The molecule has 0 bridgehead atoms. The third-order valence-corrected chi connectivity index (χ3v) is 5.02. The minimum Gasteiger partial charge on any atom is -0.384 e. The van der Waals surface area contributed by atoms with Crippen molar-refractivity contribution < 1.29 is 17.7 Å². The van der Waals surface area contributed by atoms with Crippen molar-refractivity contribution in [3.8, 4) is 34.1 Å². The lowest BCUT2D eigenvalue weighted by molar-refractivity contribution is -0.137. The van der Waals surface area contributed by atoms with Crippen molar-refractivity contribution in [2.45, 2.75) is 13.1 Å². The molecule has 0 saturated heterocycles. The monoisotopic (exact) mass is 436 g/mol. The number of halogens is 3. The van der Waals surface area contributed by atoms with E-state index in [0.717, 1.165) is 23.3 Å². The van der Waals surface area contributed by atoms with Gasteiger partial charge in [0.1, 0.15) is 17.2 Å². The van der Waals surface area contributed by atoms with Crippen LogP contribution in [0.1, 0.15) is 11.1 Å². The van der Waals surface area contributed by atoms with Crippen molar-refractivity contribution in [3.05, 3.63) is 72.2 Å². The molecule has 0 radical (unpaired) electrons. The maximum absolute atomic E-state index is 12.9. The maximum Gasteiger partial charge on any atom is 0.416 e. The number of pyridine rings is 2. The van der Waals surface area contributed by atoms with Crippen molar-refractivity contribution in [2.24, 2.45) is 0 Å². The van der Waals surface area contributed by atoms with Crippen LogP contribution in [-0.2, 0) is 6.18 Å². The highest BCUT2D eigenvalue weighted by molar-refractivity contribution is 5.70. The van der Waals surface area contributed by atoms with Gasteiger partial charge in [-0.3, -0.25) is 4.40 Å². The van der Waals surface area contributed by atoms with E-state index < -0.39 is 11.7 Å². The van der Waals surface area contributed by atoms with Gasteiger partial charge in [-0.1, -0.05) is 17.3 Å². The number of benzene rings is 1. The normalized spacial score (nSPS) is 11.9. The molecule has 160 valence electrons. The lowest BCUT2D eigenvalue weighted by atomic mass is 10.0. The molecular formula is C22H15F3N6O. The van der Waals surface area contributed by atoms with Crippen LogP contribution in [-0.4, -0.2) is 24.5 Å². The van der Waals surface area contributed by atoms with Crippen LogP contribution in [0.4, 0.5) is 19.0 Å². The Hall–Kier alpha value is -4.21. The first-order valence-electron chi connectivity index (χ1n) is 9.51. The number of alkyl halides is 3. The molecule has 2 N–H and O–H groups in total. The highest BCUT2D eigenvalue weighted by Crippen LogP contribution is 2.32. The summed E-state index contributed by atoms with van der Waals surface area (Å²) in [6.07, 6.45) is 0.554. The fourth-order valence-electron chi connectivity index (χ4n) is 3.46. The van der Waals surface area contributed by atoms with E-state index >= 15 is 0 Å². The molecule has 0 atom stereocenters. The molecule has 5 aromatic rings. The average molecular weight is 436 g/mol. The third-order valence-electron chi connectivity index (χ3n) is 5.02. The first kappa shape index (κ1) is 19.7. The Balaban J connectivity index is 1.57. The number of hydrogen-bond acceptors (Lipinski definition) is 6. The summed E-state index contributed by atoms with van der Waals surface area (Å²) in [6, 6.07) is 10.2. The van der Waals surface area contributed by atoms with Gasteiger partial charge in [-0.2, -0.15) is 18.2 Å². The van der Waals surface area contributed by atoms with Crippen molar-refractivity contribution in [1.29, 1.82) is 0 Å². The maximum atomic E-state index is 12.9. The molecule has 0 saturated carbocycles. The van der Waals surface area contributed by atoms with Gasteiger partial charge in [0.05, 0.1) is 11.8 Å². The Morgan fingerprint density at radius 3 is 2.47 bits per heavy atom. The molecule has 0 unspecified atom stereocenters. The Morgan fingerprint density at radius 1 is 0.969 bits per heavy atom. The Bertz CT molecular complexity index is 1440. The predicted molar refractivity (Wildman–Crippen MR) is 111 cm³/mol. The molecule has 4 heterocycles. The second kappa shape index (κ2) is 7.19. The SMILES string of the molecule is Cc1cc(-c2ccc(C(F)(F)F)cc2)cn2c(-c3nc(-c4ccnc(N)c4)no3)cnc12. The summed E-state index contributed by atoms with van der Waals surface area (Å²) < 4.78 is 45.9. The number of aromatic nitrogens is 5. The second-order valence-corrected chi connectivity index (χ2v) is 7.22. The zero-order valence-corrected chi connectivity index (χ0v) is 16.6. The summed E-state index contributed by atoms with van der Waals surface area (Å²) in [5.41, 5.74) is 9.11. The molecule has 0 aliphatic heterocycles. The number of imidazole rings is 1. The van der Waals surface area contributed by atoms with Crippen molar-refractivity contribution in [2.75, 3.05) is 5.73 Å². The summed E-state index contributed by atoms with van der Waals surface area (Å²) >= 11 is 0. The van der Waals surface area contributed by atoms with Gasteiger partial charge in [-0.05, 0) is 53.9 Å². The molecule has 0 aliphatic rings. The van der Waals surface area contributed by atoms with E-state index in [2.05, 4.69) is 20.1 Å². The smallest absolute Gasteiger partial charge is 0.384 e. The number of hydrogen-bond donors (Lipinski definition) is 1. The summed E-state index contributed by atoms with van der Waals surface area (Å²) in [5.74, 6) is 0.923. The van der Waals surface area contributed by atoms with Crippen LogP contribution < -0.4 is 5.73 Å². The number of anilines is 1. The summed E-state index contributed by atoms with van der Waals surface area (Å²) in [7, 11) is 0. The fraction of sp³-hybridized carbons (Fsp3) is 0.0909. The van der Waals surface area contributed by atoms with Crippen LogP contribution in [0.2, 0.25) is 0 Å². The van der Waals surface area contributed by atoms with Gasteiger partial charge >= 0.3 is 6.18 Å². The van der Waals surface area contributed by atoms with Gasteiger partial charge in [-0.25, -0.2) is 9.97 Å². The number of aryl methyl sites for hydroxylation is 1. The van der Waals surface area contributed by atoms with Gasteiger partial charge < -0.3 is 10.3 Å². The molecule has 0 amide bonds. The van der Waals surface area contributed by atoms with Crippen molar-refractivity contribution >= 4 is 11.5 Å². The zero-order valence-electron chi connectivity index (χ0n) is 16.6. The number of nitrogens with two attached hydrogens (primary N) is 1. The average Bonchev–Trinajstić information content (AvgIpc) is 3.40. The first-order chi connectivity index (χ1) is 15.3. The predicted octanol–water partition coefficient (Wildman–Crippen LogP) is 5.02. The number of rotatable bonds is 3. The van der Waals surface area contributed by atoms with Crippen LogP contribution in [0.25, 0.3) is 39.7 Å². The minimum atomic E-state index is -4.38. The van der Waals surface area contributed by atoms with Gasteiger partial charge in [0.15, 0.2) is 0 Å². The lowest BCUT2D eigenvalue weighted by Gasteiger charge is -2.09. The van der Waals surface area contributed by atoms with E-state index in [4.69, 9.17) is 10.3 Å². The zero-order chi connectivity index (χ0) is 22.5. The highest BCUT2D eigenvalue weighted by atomic mass is 19.4. The molecule has 7 nitrogen and oxygen atoms in total. The van der Waals surface area contributed by atoms with Crippen LogP contribution in [0.5, 0.6) is 0 Å². The van der Waals surface area contributed by atoms with E-state index in [1.54, 1.807) is 35.1 Å². The molecule has 1 aromatic carbocycles. The Labute approximate surface area is 179 Å². The molecule has 10 heteroatoms. The first-order valence-corrected chi connectivity index (χ1v) is 9.51. The molecular weight excluding hydrogens is 421 g/mol. The minimum absolute atomic E-state index is 0.242. The molecule has 32 heavy (non-hydrogen) atoms.